The van der Waals surface area contributed by atoms with Crippen molar-refractivity contribution in [3.8, 4) is 0 Å². The Morgan fingerprint density at radius 2 is 1.41 bits per heavy atom. The fraction of sp³-hybridized carbons (Fsp3) is 0.0909. The van der Waals surface area contributed by atoms with Crippen molar-refractivity contribution in [1.29, 1.82) is 0 Å². The Balaban J connectivity index is 1.66. The van der Waals surface area contributed by atoms with Crippen LogP contribution >= 0.6 is 11.6 Å². The maximum atomic E-state index is 12.4. The van der Waals surface area contributed by atoms with E-state index in [1.807, 2.05) is 32.0 Å². The molecule has 136 valence electrons. The summed E-state index contributed by atoms with van der Waals surface area (Å²) in [6.07, 6.45) is 0. The van der Waals surface area contributed by atoms with E-state index in [9.17, 15) is 9.59 Å². The quantitative estimate of drug-likeness (QED) is 0.633. The average molecular weight is 379 g/mol. The van der Waals surface area contributed by atoms with E-state index in [2.05, 4.69) is 10.6 Å². The molecular weight excluding hydrogens is 360 g/mol. The van der Waals surface area contributed by atoms with Crippen molar-refractivity contribution in [3.05, 3.63) is 94.0 Å². The van der Waals surface area contributed by atoms with Crippen LogP contribution in [0, 0.1) is 13.8 Å². The van der Waals surface area contributed by atoms with Gasteiger partial charge in [0, 0.05) is 27.5 Å². The lowest BCUT2D eigenvalue weighted by Crippen LogP contribution is -2.14. The zero-order chi connectivity index (χ0) is 19.4. The second kappa shape index (κ2) is 8.06. The van der Waals surface area contributed by atoms with E-state index in [-0.39, 0.29) is 11.8 Å². The second-order valence-corrected chi connectivity index (χ2v) is 6.75. The number of anilines is 2. The summed E-state index contributed by atoms with van der Waals surface area (Å²) < 4.78 is 0. The first-order chi connectivity index (χ1) is 12.9. The minimum atomic E-state index is -0.246. The fourth-order valence-corrected chi connectivity index (χ4v) is 2.93. The predicted molar refractivity (Wildman–Crippen MR) is 110 cm³/mol. The zero-order valence-corrected chi connectivity index (χ0v) is 15.8. The van der Waals surface area contributed by atoms with Crippen LogP contribution < -0.4 is 10.6 Å². The Kier molecular flexibility index (Phi) is 5.57. The van der Waals surface area contributed by atoms with Gasteiger partial charge in [-0.2, -0.15) is 0 Å². The first-order valence-electron chi connectivity index (χ1n) is 8.48. The third-order valence-corrected chi connectivity index (χ3v) is 4.35. The number of halogens is 1. The number of amides is 2. The van der Waals surface area contributed by atoms with Crippen LogP contribution in [0.15, 0.2) is 66.7 Å². The van der Waals surface area contributed by atoms with Crippen molar-refractivity contribution in [2.75, 3.05) is 10.6 Å². The Hall–Kier alpha value is -3.11. The van der Waals surface area contributed by atoms with Crippen molar-refractivity contribution in [2.24, 2.45) is 0 Å². The highest BCUT2D eigenvalue weighted by molar-refractivity contribution is 6.31. The van der Waals surface area contributed by atoms with Crippen LogP contribution in [0.2, 0.25) is 5.02 Å². The van der Waals surface area contributed by atoms with Gasteiger partial charge in [-0.3, -0.25) is 9.59 Å². The van der Waals surface area contributed by atoms with Gasteiger partial charge in [-0.15, -0.1) is 0 Å². The number of benzene rings is 3. The predicted octanol–water partition coefficient (Wildman–Crippen LogP) is 5.46. The maximum absolute atomic E-state index is 12.4. The second-order valence-electron chi connectivity index (χ2n) is 6.31. The van der Waals surface area contributed by atoms with Gasteiger partial charge in [0.05, 0.1) is 0 Å². The number of rotatable bonds is 4. The molecule has 0 aliphatic carbocycles. The van der Waals surface area contributed by atoms with Gasteiger partial charge < -0.3 is 10.6 Å². The summed E-state index contributed by atoms with van der Waals surface area (Å²) in [6.45, 7) is 3.90. The minimum Gasteiger partial charge on any atom is -0.322 e. The molecule has 0 saturated carbocycles. The van der Waals surface area contributed by atoms with Crippen LogP contribution in [-0.4, -0.2) is 11.8 Å². The summed E-state index contributed by atoms with van der Waals surface area (Å²) in [7, 11) is 0. The monoisotopic (exact) mass is 378 g/mol. The summed E-state index contributed by atoms with van der Waals surface area (Å²) in [5.74, 6) is -0.409. The summed E-state index contributed by atoms with van der Waals surface area (Å²) >= 11 is 5.91. The van der Waals surface area contributed by atoms with Crippen LogP contribution in [-0.2, 0) is 0 Å². The molecule has 5 heteroatoms. The third-order valence-electron chi connectivity index (χ3n) is 4.11. The van der Waals surface area contributed by atoms with Gasteiger partial charge in [-0.1, -0.05) is 35.4 Å². The molecule has 0 unspecified atom stereocenters. The molecule has 0 spiro atoms. The van der Waals surface area contributed by atoms with E-state index in [0.29, 0.717) is 27.5 Å². The molecule has 0 aromatic heterocycles. The van der Waals surface area contributed by atoms with Gasteiger partial charge in [0.25, 0.3) is 11.8 Å². The van der Waals surface area contributed by atoms with Crippen molar-refractivity contribution < 1.29 is 9.59 Å². The van der Waals surface area contributed by atoms with Crippen LogP contribution in [0.25, 0.3) is 0 Å². The molecule has 2 N–H and O–H groups in total. The SMILES string of the molecule is Cc1ccc(C(=O)Nc2ccc(NC(=O)c3cccc(Cl)c3)cc2)c(C)c1. The number of aryl methyl sites for hydroxylation is 2. The Bertz CT molecular complexity index is 997. The molecule has 0 aliphatic rings. The normalized spacial score (nSPS) is 10.3. The summed E-state index contributed by atoms with van der Waals surface area (Å²) in [4.78, 5) is 24.7. The maximum Gasteiger partial charge on any atom is 0.255 e. The van der Waals surface area contributed by atoms with Crippen LogP contribution in [0.5, 0.6) is 0 Å². The summed E-state index contributed by atoms with van der Waals surface area (Å²) in [5, 5.41) is 6.18. The molecule has 3 aromatic carbocycles. The molecule has 3 rings (SSSR count). The van der Waals surface area contributed by atoms with Gasteiger partial charge >= 0.3 is 0 Å². The highest BCUT2D eigenvalue weighted by Gasteiger charge is 2.10. The standard InChI is InChI=1S/C22H19ClN2O2/c1-14-6-11-20(15(2)12-14)22(27)25-19-9-7-18(8-10-19)24-21(26)16-4-3-5-17(23)13-16/h3-13H,1-2H3,(H,24,26)(H,25,27). The molecule has 0 atom stereocenters. The Morgan fingerprint density at radius 3 is 2.00 bits per heavy atom. The molecule has 3 aromatic rings. The molecule has 0 heterocycles. The zero-order valence-electron chi connectivity index (χ0n) is 15.0. The number of hydrogen-bond donors (Lipinski definition) is 2. The van der Waals surface area contributed by atoms with Crippen molar-refractivity contribution in [1.82, 2.24) is 0 Å². The van der Waals surface area contributed by atoms with E-state index in [1.165, 1.54) is 0 Å². The number of nitrogens with one attached hydrogen (secondary N) is 2. The van der Waals surface area contributed by atoms with Gasteiger partial charge in [-0.05, 0) is 67.9 Å². The highest BCUT2D eigenvalue weighted by Crippen LogP contribution is 2.18. The molecule has 0 aliphatic heterocycles. The molecule has 4 nitrogen and oxygen atoms in total. The smallest absolute Gasteiger partial charge is 0.255 e. The van der Waals surface area contributed by atoms with E-state index in [4.69, 9.17) is 11.6 Å². The highest BCUT2D eigenvalue weighted by atomic mass is 35.5. The first-order valence-corrected chi connectivity index (χ1v) is 8.86. The molecule has 0 bridgehead atoms. The molecule has 0 fully saturated rings. The summed E-state index contributed by atoms with van der Waals surface area (Å²) in [6, 6.07) is 19.4. The van der Waals surface area contributed by atoms with Gasteiger partial charge in [-0.25, -0.2) is 0 Å². The van der Waals surface area contributed by atoms with Crippen LogP contribution in [0.4, 0.5) is 11.4 Å². The average Bonchev–Trinajstić information content (AvgIpc) is 2.63. The van der Waals surface area contributed by atoms with E-state index < -0.39 is 0 Å². The lowest BCUT2D eigenvalue weighted by molar-refractivity contribution is 0.101. The number of carbonyl (C=O) groups excluding carboxylic acids is 2. The van der Waals surface area contributed by atoms with Gasteiger partial charge in [0.1, 0.15) is 0 Å². The van der Waals surface area contributed by atoms with Crippen molar-refractivity contribution >= 4 is 34.8 Å². The van der Waals surface area contributed by atoms with Crippen LogP contribution in [0.3, 0.4) is 0 Å². The topological polar surface area (TPSA) is 58.2 Å². The van der Waals surface area contributed by atoms with E-state index in [0.717, 1.165) is 11.1 Å². The van der Waals surface area contributed by atoms with E-state index in [1.54, 1.807) is 48.5 Å². The van der Waals surface area contributed by atoms with Crippen molar-refractivity contribution in [2.45, 2.75) is 13.8 Å². The summed E-state index contributed by atoms with van der Waals surface area (Å²) in [5.41, 5.74) is 4.45. The molecule has 27 heavy (non-hydrogen) atoms. The lowest BCUT2D eigenvalue weighted by atomic mass is 10.1. The Labute approximate surface area is 163 Å². The first kappa shape index (κ1) is 18.7. The number of carbonyl (C=O) groups is 2. The van der Waals surface area contributed by atoms with Crippen molar-refractivity contribution in [3.63, 3.8) is 0 Å². The largest absolute Gasteiger partial charge is 0.322 e. The van der Waals surface area contributed by atoms with E-state index >= 15 is 0 Å². The third kappa shape index (κ3) is 4.74. The van der Waals surface area contributed by atoms with Gasteiger partial charge in [0.15, 0.2) is 0 Å². The molecule has 0 radical (unpaired) electrons. The number of hydrogen-bond acceptors (Lipinski definition) is 2. The minimum absolute atomic E-state index is 0.164. The fourth-order valence-electron chi connectivity index (χ4n) is 2.74. The molecule has 0 saturated heterocycles. The molecule has 2 amide bonds. The van der Waals surface area contributed by atoms with Gasteiger partial charge in [0.2, 0.25) is 0 Å². The molecular formula is C22H19ClN2O2. The van der Waals surface area contributed by atoms with Crippen LogP contribution in [0.1, 0.15) is 31.8 Å². The lowest BCUT2D eigenvalue weighted by Gasteiger charge is -2.10. The Morgan fingerprint density at radius 1 is 0.778 bits per heavy atom.